The van der Waals surface area contributed by atoms with Crippen molar-refractivity contribution >= 4 is 10.9 Å². The van der Waals surface area contributed by atoms with Crippen molar-refractivity contribution in [3.63, 3.8) is 0 Å². The van der Waals surface area contributed by atoms with Gasteiger partial charge in [-0.05, 0) is 49.6 Å². The summed E-state index contributed by atoms with van der Waals surface area (Å²) in [6.07, 6.45) is 6.12. The van der Waals surface area contributed by atoms with Crippen molar-refractivity contribution in [2.75, 3.05) is 6.54 Å². The van der Waals surface area contributed by atoms with Gasteiger partial charge in [-0.15, -0.1) is 0 Å². The summed E-state index contributed by atoms with van der Waals surface area (Å²) in [7, 11) is 0. The first kappa shape index (κ1) is 12.9. The van der Waals surface area contributed by atoms with Gasteiger partial charge < -0.3 is 10.3 Å². The maximum Gasteiger partial charge on any atom is 0.0522 e. The van der Waals surface area contributed by atoms with Crippen LogP contribution in [0, 0.1) is 6.92 Å². The fourth-order valence-corrected chi connectivity index (χ4v) is 2.56. The molecule has 4 nitrogen and oxygen atoms in total. The molecule has 3 N–H and O–H groups in total. The van der Waals surface area contributed by atoms with E-state index in [0.717, 1.165) is 25.9 Å². The predicted octanol–water partition coefficient (Wildman–Crippen LogP) is 2.92. The summed E-state index contributed by atoms with van der Waals surface area (Å²) in [6.45, 7) is 4.01. The molecule has 0 amide bonds. The van der Waals surface area contributed by atoms with Crippen molar-refractivity contribution < 1.29 is 0 Å². The van der Waals surface area contributed by atoms with E-state index in [1.54, 1.807) is 0 Å². The fourth-order valence-electron chi connectivity index (χ4n) is 2.56. The predicted molar refractivity (Wildman–Crippen MR) is 81.7 cm³/mol. The fraction of sp³-hybridized carbons (Fsp3) is 0.312. The maximum atomic E-state index is 4.05. The van der Waals surface area contributed by atoms with Gasteiger partial charge >= 0.3 is 0 Å². The van der Waals surface area contributed by atoms with Crippen LogP contribution in [-0.2, 0) is 13.0 Å². The maximum absolute atomic E-state index is 4.05. The van der Waals surface area contributed by atoms with E-state index in [-0.39, 0.29) is 0 Å². The van der Waals surface area contributed by atoms with Gasteiger partial charge in [-0.1, -0.05) is 12.1 Å². The van der Waals surface area contributed by atoms with Gasteiger partial charge in [0.1, 0.15) is 0 Å². The van der Waals surface area contributed by atoms with Crippen molar-refractivity contribution in [3.05, 3.63) is 53.5 Å². The van der Waals surface area contributed by atoms with Gasteiger partial charge in [-0.25, -0.2) is 0 Å². The second-order valence-electron chi connectivity index (χ2n) is 5.16. The number of H-pyrrole nitrogens is 2. The Labute approximate surface area is 118 Å². The summed E-state index contributed by atoms with van der Waals surface area (Å²) < 4.78 is 0. The molecule has 104 valence electrons. The number of aromatic amines is 2. The minimum Gasteiger partial charge on any atom is -0.361 e. The Morgan fingerprint density at radius 2 is 2.15 bits per heavy atom. The number of nitrogens with zero attached hydrogens (tertiary/aromatic N) is 1. The molecule has 4 heteroatoms. The molecule has 0 saturated carbocycles. The first-order chi connectivity index (χ1) is 9.84. The average Bonchev–Trinajstić information content (AvgIpc) is 3.08. The van der Waals surface area contributed by atoms with E-state index in [1.807, 2.05) is 12.4 Å². The van der Waals surface area contributed by atoms with Crippen LogP contribution in [0.4, 0.5) is 0 Å². The van der Waals surface area contributed by atoms with E-state index in [1.165, 1.54) is 27.7 Å². The molecule has 3 aromatic rings. The summed E-state index contributed by atoms with van der Waals surface area (Å²) in [6, 6.07) is 8.54. The van der Waals surface area contributed by atoms with Crippen molar-refractivity contribution in [2.45, 2.75) is 26.3 Å². The molecular formula is C16H20N4. The summed E-state index contributed by atoms with van der Waals surface area (Å²) in [5, 5.41) is 11.9. The number of nitrogens with one attached hydrogen (secondary N) is 3. The Morgan fingerprint density at radius 3 is 3.00 bits per heavy atom. The third-order valence-electron chi connectivity index (χ3n) is 3.73. The molecule has 0 saturated heterocycles. The van der Waals surface area contributed by atoms with Crippen LogP contribution in [0.3, 0.4) is 0 Å². The van der Waals surface area contributed by atoms with Crippen LogP contribution in [0.15, 0.2) is 36.7 Å². The summed E-state index contributed by atoms with van der Waals surface area (Å²) in [5.74, 6) is 0. The summed E-state index contributed by atoms with van der Waals surface area (Å²) >= 11 is 0. The molecule has 20 heavy (non-hydrogen) atoms. The second-order valence-corrected chi connectivity index (χ2v) is 5.16. The Morgan fingerprint density at radius 1 is 1.20 bits per heavy atom. The third kappa shape index (κ3) is 2.75. The smallest absolute Gasteiger partial charge is 0.0522 e. The summed E-state index contributed by atoms with van der Waals surface area (Å²) in [4.78, 5) is 3.25. The average molecular weight is 268 g/mol. The number of benzene rings is 1. The molecule has 0 bridgehead atoms. The van der Waals surface area contributed by atoms with Crippen molar-refractivity contribution in [3.8, 4) is 0 Å². The topological polar surface area (TPSA) is 56.5 Å². The molecule has 2 heterocycles. The molecule has 1 aromatic carbocycles. The van der Waals surface area contributed by atoms with Gasteiger partial charge in [-0.3, -0.25) is 5.10 Å². The second kappa shape index (κ2) is 5.92. The van der Waals surface area contributed by atoms with Crippen LogP contribution in [0.25, 0.3) is 10.9 Å². The highest BCUT2D eigenvalue weighted by atomic mass is 15.1. The lowest BCUT2D eigenvalue weighted by atomic mass is 10.1. The molecular weight excluding hydrogens is 248 g/mol. The number of aryl methyl sites for hydroxylation is 2. The molecule has 3 rings (SSSR count). The van der Waals surface area contributed by atoms with E-state index < -0.39 is 0 Å². The van der Waals surface area contributed by atoms with Crippen LogP contribution in [0.5, 0.6) is 0 Å². The first-order valence-corrected chi connectivity index (χ1v) is 7.09. The number of hydrogen-bond acceptors (Lipinski definition) is 2. The molecule has 0 radical (unpaired) electrons. The van der Waals surface area contributed by atoms with E-state index >= 15 is 0 Å². The number of fused-ring (bicyclic) bond motifs is 1. The molecule has 0 spiro atoms. The van der Waals surface area contributed by atoms with Gasteiger partial charge in [0.05, 0.1) is 6.20 Å². The molecule has 0 atom stereocenters. The van der Waals surface area contributed by atoms with Gasteiger partial charge in [0, 0.05) is 29.3 Å². The number of aromatic nitrogens is 3. The zero-order valence-electron chi connectivity index (χ0n) is 11.7. The van der Waals surface area contributed by atoms with Crippen LogP contribution < -0.4 is 5.32 Å². The highest BCUT2D eigenvalue weighted by Crippen LogP contribution is 2.17. The first-order valence-electron chi connectivity index (χ1n) is 7.09. The SMILES string of the molecule is Cc1[nH]ncc1CCCNCc1cccc2[nH]ccc12. The lowest BCUT2D eigenvalue weighted by Crippen LogP contribution is -2.15. The van der Waals surface area contributed by atoms with Crippen LogP contribution >= 0.6 is 0 Å². The van der Waals surface area contributed by atoms with Gasteiger partial charge in [-0.2, -0.15) is 5.10 Å². The van der Waals surface area contributed by atoms with E-state index in [0.29, 0.717) is 0 Å². The molecule has 0 aliphatic carbocycles. The van der Waals surface area contributed by atoms with Crippen molar-refractivity contribution in [1.29, 1.82) is 0 Å². The third-order valence-corrected chi connectivity index (χ3v) is 3.73. The Balaban J connectivity index is 1.48. The highest BCUT2D eigenvalue weighted by Gasteiger charge is 2.02. The lowest BCUT2D eigenvalue weighted by Gasteiger charge is -2.06. The summed E-state index contributed by atoms with van der Waals surface area (Å²) in [5.41, 5.74) is 5.06. The number of hydrogen-bond donors (Lipinski definition) is 3. The van der Waals surface area contributed by atoms with Crippen LogP contribution in [-0.4, -0.2) is 21.7 Å². The highest BCUT2D eigenvalue weighted by molar-refractivity contribution is 5.82. The Bertz CT molecular complexity index is 680. The largest absolute Gasteiger partial charge is 0.361 e. The van der Waals surface area contributed by atoms with E-state index in [4.69, 9.17) is 0 Å². The Hall–Kier alpha value is -2.07. The molecule has 2 aromatic heterocycles. The van der Waals surface area contributed by atoms with Crippen LogP contribution in [0.2, 0.25) is 0 Å². The van der Waals surface area contributed by atoms with E-state index in [2.05, 4.69) is 51.7 Å². The van der Waals surface area contributed by atoms with E-state index in [9.17, 15) is 0 Å². The minimum atomic E-state index is 0.916. The molecule has 0 aliphatic heterocycles. The van der Waals surface area contributed by atoms with Gasteiger partial charge in [0.2, 0.25) is 0 Å². The number of rotatable bonds is 6. The van der Waals surface area contributed by atoms with Crippen LogP contribution in [0.1, 0.15) is 23.2 Å². The Kier molecular flexibility index (Phi) is 3.83. The minimum absolute atomic E-state index is 0.916. The zero-order valence-corrected chi connectivity index (χ0v) is 11.7. The molecule has 0 unspecified atom stereocenters. The van der Waals surface area contributed by atoms with Crippen molar-refractivity contribution in [1.82, 2.24) is 20.5 Å². The monoisotopic (exact) mass is 268 g/mol. The standard InChI is InChI=1S/C16H20N4/c1-12-13(11-19-20-12)5-3-8-17-10-14-4-2-6-16-15(14)7-9-18-16/h2,4,6-7,9,11,17-18H,3,5,8,10H2,1H3,(H,19,20). The van der Waals surface area contributed by atoms with Gasteiger partial charge in [0.15, 0.2) is 0 Å². The zero-order chi connectivity index (χ0) is 13.8. The lowest BCUT2D eigenvalue weighted by molar-refractivity contribution is 0.651. The quantitative estimate of drug-likeness (QED) is 0.602. The van der Waals surface area contributed by atoms with Crippen molar-refractivity contribution in [2.24, 2.45) is 0 Å². The normalized spacial score (nSPS) is 11.2. The molecule has 0 fully saturated rings. The van der Waals surface area contributed by atoms with Gasteiger partial charge in [0.25, 0.3) is 0 Å². The molecule has 0 aliphatic rings.